The monoisotopic (exact) mass is 332 g/mol. The van der Waals surface area contributed by atoms with Gasteiger partial charge >= 0.3 is 5.97 Å². The SMILES string of the molecule is COC(=O)CSC1=C(C#N)[C@@H](c2ccccc2OC)CC(=O)N1. The Kier molecular flexibility index (Phi) is 5.66. The third-order valence-electron chi connectivity index (χ3n) is 3.43. The lowest BCUT2D eigenvalue weighted by Crippen LogP contribution is -2.31. The van der Waals surface area contributed by atoms with Crippen molar-refractivity contribution >= 4 is 23.6 Å². The van der Waals surface area contributed by atoms with Crippen LogP contribution in [-0.2, 0) is 14.3 Å². The van der Waals surface area contributed by atoms with Gasteiger partial charge < -0.3 is 14.8 Å². The molecule has 120 valence electrons. The van der Waals surface area contributed by atoms with E-state index in [-0.39, 0.29) is 18.1 Å². The van der Waals surface area contributed by atoms with Gasteiger partial charge in [-0.2, -0.15) is 5.26 Å². The molecule has 0 radical (unpaired) electrons. The molecule has 1 aromatic carbocycles. The zero-order valence-corrected chi connectivity index (χ0v) is 13.6. The van der Waals surface area contributed by atoms with Crippen molar-refractivity contribution < 1.29 is 19.1 Å². The van der Waals surface area contributed by atoms with Crippen molar-refractivity contribution in [3.63, 3.8) is 0 Å². The first-order chi connectivity index (χ1) is 11.1. The second kappa shape index (κ2) is 7.70. The van der Waals surface area contributed by atoms with E-state index in [1.54, 1.807) is 13.2 Å². The molecule has 1 amide bonds. The van der Waals surface area contributed by atoms with Crippen molar-refractivity contribution in [1.82, 2.24) is 5.32 Å². The molecule has 1 atom stereocenters. The largest absolute Gasteiger partial charge is 0.496 e. The Hall–Kier alpha value is -2.46. The fourth-order valence-corrected chi connectivity index (χ4v) is 3.25. The van der Waals surface area contributed by atoms with Gasteiger partial charge in [0.2, 0.25) is 5.91 Å². The Morgan fingerprint density at radius 3 is 2.83 bits per heavy atom. The molecule has 2 rings (SSSR count). The van der Waals surface area contributed by atoms with Crippen molar-refractivity contribution in [2.24, 2.45) is 0 Å². The van der Waals surface area contributed by atoms with Gasteiger partial charge in [0.1, 0.15) is 5.75 Å². The summed E-state index contributed by atoms with van der Waals surface area (Å²) in [6.45, 7) is 0. The quantitative estimate of drug-likeness (QED) is 0.829. The Morgan fingerprint density at radius 2 is 2.17 bits per heavy atom. The van der Waals surface area contributed by atoms with E-state index >= 15 is 0 Å². The number of nitrogens with one attached hydrogen (secondary N) is 1. The van der Waals surface area contributed by atoms with Crippen molar-refractivity contribution in [1.29, 1.82) is 5.26 Å². The number of methoxy groups -OCH3 is 2. The number of nitrogens with zero attached hydrogens (tertiary/aromatic N) is 1. The number of carbonyl (C=O) groups excluding carboxylic acids is 2. The Morgan fingerprint density at radius 1 is 1.43 bits per heavy atom. The molecular weight excluding hydrogens is 316 g/mol. The van der Waals surface area contributed by atoms with Crippen LogP contribution in [0.15, 0.2) is 34.9 Å². The molecule has 0 fully saturated rings. The van der Waals surface area contributed by atoms with Gasteiger partial charge in [0.15, 0.2) is 0 Å². The number of benzene rings is 1. The van der Waals surface area contributed by atoms with Crippen LogP contribution in [0, 0.1) is 11.3 Å². The number of hydrogen-bond donors (Lipinski definition) is 1. The fraction of sp³-hybridized carbons (Fsp3) is 0.312. The van der Waals surface area contributed by atoms with Crippen LogP contribution < -0.4 is 10.1 Å². The van der Waals surface area contributed by atoms with E-state index in [9.17, 15) is 14.9 Å². The Bertz CT molecular complexity index is 694. The molecule has 0 bridgehead atoms. The topological polar surface area (TPSA) is 88.4 Å². The zero-order chi connectivity index (χ0) is 16.8. The number of ether oxygens (including phenoxy) is 2. The average molecular weight is 332 g/mol. The normalized spacial score (nSPS) is 17.3. The van der Waals surface area contributed by atoms with Gasteiger partial charge in [0, 0.05) is 17.9 Å². The number of thioether (sulfide) groups is 1. The smallest absolute Gasteiger partial charge is 0.316 e. The number of nitriles is 1. The lowest BCUT2D eigenvalue weighted by atomic mass is 9.86. The van der Waals surface area contributed by atoms with Crippen molar-refractivity contribution in [2.75, 3.05) is 20.0 Å². The first-order valence-corrected chi connectivity index (χ1v) is 7.86. The molecular formula is C16H16N2O4S. The van der Waals surface area contributed by atoms with E-state index < -0.39 is 11.9 Å². The molecule has 0 spiro atoms. The molecule has 1 aliphatic rings. The van der Waals surface area contributed by atoms with Crippen LogP contribution >= 0.6 is 11.8 Å². The summed E-state index contributed by atoms with van der Waals surface area (Å²) >= 11 is 1.09. The van der Waals surface area contributed by atoms with E-state index in [0.29, 0.717) is 16.4 Å². The number of hydrogen-bond acceptors (Lipinski definition) is 6. The molecule has 1 aromatic rings. The van der Waals surface area contributed by atoms with Gasteiger partial charge in [0.25, 0.3) is 0 Å². The van der Waals surface area contributed by atoms with Crippen molar-refractivity contribution in [3.05, 3.63) is 40.4 Å². The van der Waals surface area contributed by atoms with Gasteiger partial charge in [-0.15, -0.1) is 0 Å². The lowest BCUT2D eigenvalue weighted by Gasteiger charge is -2.26. The highest BCUT2D eigenvalue weighted by Gasteiger charge is 2.31. The molecule has 6 nitrogen and oxygen atoms in total. The molecule has 0 saturated heterocycles. The Labute approximate surface area is 138 Å². The number of amides is 1. The first-order valence-electron chi connectivity index (χ1n) is 6.87. The molecule has 0 aliphatic carbocycles. The number of carbonyl (C=O) groups is 2. The maximum atomic E-state index is 12.0. The molecule has 1 N–H and O–H groups in total. The van der Waals surface area contributed by atoms with E-state index in [4.69, 9.17) is 4.74 Å². The van der Waals surface area contributed by atoms with E-state index in [2.05, 4.69) is 16.1 Å². The lowest BCUT2D eigenvalue weighted by molar-refractivity contribution is -0.137. The third-order valence-corrected chi connectivity index (χ3v) is 4.42. The van der Waals surface area contributed by atoms with Crippen LogP contribution in [0.4, 0.5) is 0 Å². The van der Waals surface area contributed by atoms with Crippen LogP contribution in [0.2, 0.25) is 0 Å². The van der Waals surface area contributed by atoms with Gasteiger partial charge in [0.05, 0.1) is 36.6 Å². The van der Waals surface area contributed by atoms with Gasteiger partial charge in [-0.25, -0.2) is 0 Å². The highest BCUT2D eigenvalue weighted by molar-refractivity contribution is 8.03. The summed E-state index contributed by atoms with van der Waals surface area (Å²) in [7, 11) is 2.84. The summed E-state index contributed by atoms with van der Waals surface area (Å²) in [6, 6.07) is 9.44. The molecule has 1 aliphatic heterocycles. The minimum absolute atomic E-state index is 0.0237. The van der Waals surface area contributed by atoms with Crippen molar-refractivity contribution in [2.45, 2.75) is 12.3 Å². The second-order valence-electron chi connectivity index (χ2n) is 4.77. The summed E-state index contributed by atoms with van der Waals surface area (Å²) < 4.78 is 9.92. The second-order valence-corrected chi connectivity index (χ2v) is 5.75. The highest BCUT2D eigenvalue weighted by atomic mass is 32.2. The number of allylic oxidation sites excluding steroid dienone is 1. The van der Waals surface area contributed by atoms with E-state index in [1.807, 2.05) is 18.2 Å². The molecule has 0 aromatic heterocycles. The van der Waals surface area contributed by atoms with Crippen LogP contribution in [0.1, 0.15) is 17.9 Å². The summed E-state index contributed by atoms with van der Waals surface area (Å²) in [5.41, 5.74) is 1.19. The van der Waals surface area contributed by atoms with Crippen LogP contribution in [0.25, 0.3) is 0 Å². The fourth-order valence-electron chi connectivity index (χ4n) is 2.34. The van der Waals surface area contributed by atoms with Gasteiger partial charge in [-0.1, -0.05) is 30.0 Å². The van der Waals surface area contributed by atoms with Crippen LogP contribution in [-0.4, -0.2) is 31.8 Å². The zero-order valence-electron chi connectivity index (χ0n) is 12.8. The van der Waals surface area contributed by atoms with Crippen LogP contribution in [0.5, 0.6) is 5.75 Å². The van der Waals surface area contributed by atoms with E-state index in [1.165, 1.54) is 7.11 Å². The maximum Gasteiger partial charge on any atom is 0.316 e. The summed E-state index contributed by atoms with van der Waals surface area (Å²) in [6.07, 6.45) is 0.158. The molecule has 23 heavy (non-hydrogen) atoms. The minimum Gasteiger partial charge on any atom is -0.496 e. The van der Waals surface area contributed by atoms with Gasteiger partial charge in [-0.05, 0) is 6.07 Å². The third kappa shape index (κ3) is 3.85. The minimum atomic E-state index is -0.423. The molecule has 0 unspecified atom stereocenters. The van der Waals surface area contributed by atoms with Crippen LogP contribution in [0.3, 0.4) is 0 Å². The molecule has 1 heterocycles. The Balaban J connectivity index is 2.39. The summed E-state index contributed by atoms with van der Waals surface area (Å²) in [5, 5.41) is 12.6. The van der Waals surface area contributed by atoms with Crippen molar-refractivity contribution in [3.8, 4) is 11.8 Å². The number of para-hydroxylation sites is 1. The highest BCUT2D eigenvalue weighted by Crippen LogP contribution is 2.39. The number of rotatable bonds is 5. The molecule has 7 heteroatoms. The summed E-state index contributed by atoms with van der Waals surface area (Å²) in [5.74, 6) is -0.376. The average Bonchev–Trinajstić information content (AvgIpc) is 2.58. The predicted octanol–water partition coefficient (Wildman–Crippen LogP) is 1.94. The predicted molar refractivity (Wildman–Crippen MR) is 85.6 cm³/mol. The van der Waals surface area contributed by atoms with Gasteiger partial charge in [-0.3, -0.25) is 9.59 Å². The maximum absolute atomic E-state index is 12.0. The summed E-state index contributed by atoms with van der Waals surface area (Å²) in [4.78, 5) is 23.3. The number of esters is 1. The molecule has 0 saturated carbocycles. The standard InChI is InChI=1S/C16H16N2O4S/c1-21-13-6-4-3-5-10(13)11-7-14(19)18-16(12(11)8-17)23-9-15(20)22-2/h3-6,11H,7,9H2,1-2H3,(H,18,19)/t11-/m1/s1. The first kappa shape index (κ1) is 16.9. The van der Waals surface area contributed by atoms with E-state index in [0.717, 1.165) is 17.3 Å².